The minimum absolute atomic E-state index is 0.0832. The van der Waals surface area contributed by atoms with Crippen LogP contribution in [0.5, 0.6) is 11.6 Å². The lowest BCUT2D eigenvalue weighted by Crippen LogP contribution is -2.15. The maximum atomic E-state index is 11.9. The van der Waals surface area contributed by atoms with E-state index in [1.165, 1.54) is 6.33 Å². The van der Waals surface area contributed by atoms with Crippen LogP contribution in [0.15, 0.2) is 91.3 Å². The van der Waals surface area contributed by atoms with Gasteiger partial charge in [-0.15, -0.1) is 0 Å². The Morgan fingerprint density at radius 3 is 2.00 bits per heavy atom. The number of ether oxygens (including phenoxy) is 1. The van der Waals surface area contributed by atoms with Gasteiger partial charge in [-0.25, -0.2) is 4.98 Å². The molecule has 0 saturated carbocycles. The van der Waals surface area contributed by atoms with E-state index < -0.39 is 4.92 Å². The molecule has 1 heterocycles. The van der Waals surface area contributed by atoms with Gasteiger partial charge in [0.2, 0.25) is 5.82 Å². The zero-order valence-corrected chi connectivity index (χ0v) is 16.8. The molecule has 0 spiro atoms. The third kappa shape index (κ3) is 4.67. The van der Waals surface area contributed by atoms with Crippen molar-refractivity contribution in [2.75, 3.05) is 5.32 Å². The van der Waals surface area contributed by atoms with E-state index in [2.05, 4.69) is 15.3 Å². The normalized spacial score (nSPS) is 10.6. The van der Waals surface area contributed by atoms with Crippen LogP contribution in [0.1, 0.15) is 22.7 Å². The lowest BCUT2D eigenvalue weighted by Gasteiger charge is -2.20. The van der Waals surface area contributed by atoms with Gasteiger partial charge >= 0.3 is 11.6 Å². The molecule has 0 aliphatic carbocycles. The Kier molecular flexibility index (Phi) is 5.84. The molecule has 3 aromatic carbocycles. The number of aromatic nitrogens is 2. The van der Waals surface area contributed by atoms with Gasteiger partial charge in [0.1, 0.15) is 12.1 Å². The fourth-order valence-electron chi connectivity index (χ4n) is 3.21. The summed E-state index contributed by atoms with van der Waals surface area (Å²) < 4.78 is 5.73. The molecule has 7 nitrogen and oxygen atoms in total. The topological polar surface area (TPSA) is 90.2 Å². The molecule has 0 amide bonds. The summed E-state index contributed by atoms with van der Waals surface area (Å²) >= 11 is 0. The van der Waals surface area contributed by atoms with Crippen molar-refractivity contribution in [2.45, 2.75) is 13.0 Å². The molecule has 1 aromatic heterocycles. The second-order valence-corrected chi connectivity index (χ2v) is 6.95. The lowest BCUT2D eigenvalue weighted by atomic mass is 9.99. The Morgan fingerprint density at radius 2 is 1.45 bits per heavy atom. The van der Waals surface area contributed by atoms with Crippen molar-refractivity contribution in [1.82, 2.24) is 9.97 Å². The van der Waals surface area contributed by atoms with E-state index in [1.54, 1.807) is 12.1 Å². The molecule has 0 bridgehead atoms. The Hall–Kier alpha value is -4.26. The van der Waals surface area contributed by atoms with Gasteiger partial charge in [0, 0.05) is 0 Å². The molecule has 0 aliphatic heterocycles. The highest BCUT2D eigenvalue weighted by Crippen LogP contribution is 2.37. The predicted molar refractivity (Wildman–Crippen MR) is 118 cm³/mol. The molecule has 0 fully saturated rings. The van der Waals surface area contributed by atoms with Crippen molar-refractivity contribution in [3.05, 3.63) is 118 Å². The summed E-state index contributed by atoms with van der Waals surface area (Å²) in [6.45, 7) is 1.95. The zero-order valence-electron chi connectivity index (χ0n) is 16.8. The third-order valence-corrected chi connectivity index (χ3v) is 4.75. The minimum Gasteiger partial charge on any atom is -0.434 e. The van der Waals surface area contributed by atoms with E-state index in [-0.39, 0.29) is 23.4 Å². The van der Waals surface area contributed by atoms with Gasteiger partial charge in [-0.05, 0) is 30.2 Å². The summed E-state index contributed by atoms with van der Waals surface area (Å²) in [5, 5.41) is 15.2. The average Bonchev–Trinajstić information content (AvgIpc) is 2.80. The number of nitro groups is 1. The van der Waals surface area contributed by atoms with Crippen LogP contribution >= 0.6 is 0 Å². The van der Waals surface area contributed by atoms with Gasteiger partial charge in [-0.2, -0.15) is 4.98 Å². The molecule has 0 unspecified atom stereocenters. The molecular formula is C24H20N4O3. The first-order chi connectivity index (χ1) is 15.1. The van der Waals surface area contributed by atoms with Crippen molar-refractivity contribution in [3.63, 3.8) is 0 Å². The first-order valence-corrected chi connectivity index (χ1v) is 9.72. The monoisotopic (exact) mass is 412 g/mol. The first kappa shape index (κ1) is 20.0. The number of nitrogens with zero attached hydrogens (tertiary/aromatic N) is 3. The Balaban J connectivity index is 1.74. The van der Waals surface area contributed by atoms with Gasteiger partial charge in [0.25, 0.3) is 0 Å². The average molecular weight is 412 g/mol. The number of rotatable bonds is 7. The van der Waals surface area contributed by atoms with Crippen molar-refractivity contribution in [3.8, 4) is 11.6 Å². The van der Waals surface area contributed by atoms with E-state index in [4.69, 9.17) is 4.74 Å². The van der Waals surface area contributed by atoms with Crippen LogP contribution in [0.2, 0.25) is 0 Å². The largest absolute Gasteiger partial charge is 0.434 e. The maximum absolute atomic E-state index is 11.9. The van der Waals surface area contributed by atoms with E-state index in [9.17, 15) is 10.1 Å². The number of aryl methyl sites for hydroxylation is 1. The number of benzene rings is 3. The van der Waals surface area contributed by atoms with Crippen LogP contribution in [0.3, 0.4) is 0 Å². The first-order valence-electron chi connectivity index (χ1n) is 9.72. The SMILES string of the molecule is Cc1ccc(Oc2ncnc(NC(c3ccccc3)c3ccccc3)c2[N+](=O)[O-])cc1. The molecule has 0 radical (unpaired) electrons. The molecule has 0 atom stereocenters. The second-order valence-electron chi connectivity index (χ2n) is 6.95. The summed E-state index contributed by atoms with van der Waals surface area (Å²) in [7, 11) is 0. The van der Waals surface area contributed by atoms with Crippen molar-refractivity contribution in [2.24, 2.45) is 0 Å². The standard InChI is InChI=1S/C24H20N4O3/c1-17-12-14-20(15-13-17)31-24-22(28(29)30)23(25-16-26-24)27-21(18-8-4-2-5-9-18)19-10-6-3-7-11-19/h2-16,21H,1H3,(H,25,26,27). The number of hydrogen-bond acceptors (Lipinski definition) is 6. The summed E-state index contributed by atoms with van der Waals surface area (Å²) in [6, 6.07) is 26.2. The Morgan fingerprint density at radius 1 is 0.871 bits per heavy atom. The third-order valence-electron chi connectivity index (χ3n) is 4.75. The number of anilines is 1. The summed E-state index contributed by atoms with van der Waals surface area (Å²) in [4.78, 5) is 19.6. The van der Waals surface area contributed by atoms with Gasteiger partial charge in [0.15, 0.2) is 0 Å². The van der Waals surface area contributed by atoms with Gasteiger partial charge < -0.3 is 10.1 Å². The molecule has 154 valence electrons. The van der Waals surface area contributed by atoms with Gasteiger partial charge in [-0.1, -0.05) is 78.4 Å². The van der Waals surface area contributed by atoms with Crippen LogP contribution < -0.4 is 10.1 Å². The molecule has 0 saturated heterocycles. The van der Waals surface area contributed by atoms with Crippen LogP contribution in [0.25, 0.3) is 0 Å². The number of hydrogen-bond donors (Lipinski definition) is 1. The van der Waals surface area contributed by atoms with E-state index in [0.717, 1.165) is 16.7 Å². The van der Waals surface area contributed by atoms with Crippen LogP contribution in [0.4, 0.5) is 11.5 Å². The Labute approximate surface area is 179 Å². The smallest absolute Gasteiger partial charge is 0.373 e. The second kappa shape index (κ2) is 9.04. The molecule has 4 aromatic rings. The fraction of sp³-hybridized carbons (Fsp3) is 0.0833. The van der Waals surface area contributed by atoms with Crippen molar-refractivity contribution >= 4 is 11.5 Å². The molecule has 0 aliphatic rings. The zero-order chi connectivity index (χ0) is 21.6. The number of nitrogens with one attached hydrogen (secondary N) is 1. The molecule has 1 N–H and O–H groups in total. The van der Waals surface area contributed by atoms with E-state index >= 15 is 0 Å². The van der Waals surface area contributed by atoms with Crippen LogP contribution in [0, 0.1) is 17.0 Å². The molecule has 4 rings (SSSR count). The van der Waals surface area contributed by atoms with Gasteiger partial charge in [-0.3, -0.25) is 10.1 Å². The maximum Gasteiger partial charge on any atom is 0.373 e. The summed E-state index contributed by atoms with van der Waals surface area (Å²) in [5.41, 5.74) is 2.63. The summed E-state index contributed by atoms with van der Waals surface area (Å²) in [6.07, 6.45) is 1.26. The predicted octanol–water partition coefficient (Wildman–Crippen LogP) is 5.69. The highest BCUT2D eigenvalue weighted by atomic mass is 16.6. The lowest BCUT2D eigenvalue weighted by molar-refractivity contribution is -0.385. The Bertz CT molecular complexity index is 1130. The van der Waals surface area contributed by atoms with E-state index in [1.807, 2.05) is 79.7 Å². The van der Waals surface area contributed by atoms with E-state index in [0.29, 0.717) is 5.75 Å². The quantitative estimate of drug-likeness (QED) is 0.310. The van der Waals surface area contributed by atoms with Gasteiger partial charge in [0.05, 0.1) is 11.0 Å². The minimum atomic E-state index is -0.529. The van der Waals surface area contributed by atoms with Crippen molar-refractivity contribution in [1.29, 1.82) is 0 Å². The fourth-order valence-corrected chi connectivity index (χ4v) is 3.21. The van der Waals surface area contributed by atoms with Crippen LogP contribution in [-0.4, -0.2) is 14.9 Å². The highest BCUT2D eigenvalue weighted by Gasteiger charge is 2.27. The molecule has 31 heavy (non-hydrogen) atoms. The van der Waals surface area contributed by atoms with Crippen molar-refractivity contribution < 1.29 is 9.66 Å². The molecule has 7 heteroatoms. The highest BCUT2D eigenvalue weighted by molar-refractivity contribution is 5.63. The summed E-state index contributed by atoms with van der Waals surface area (Å²) in [5.74, 6) is 0.423. The molecular weight excluding hydrogens is 392 g/mol. The van der Waals surface area contributed by atoms with Crippen LogP contribution in [-0.2, 0) is 0 Å².